The maximum atomic E-state index is 11.9. The summed E-state index contributed by atoms with van der Waals surface area (Å²) in [5.74, 6) is -0.426. The number of carbonyl (C=O) groups excluding carboxylic acids is 1. The van der Waals surface area contributed by atoms with Crippen molar-refractivity contribution in [3.05, 3.63) is 35.4 Å². The predicted octanol–water partition coefficient (Wildman–Crippen LogP) is 3.58. The molecule has 1 aliphatic rings. The summed E-state index contributed by atoms with van der Waals surface area (Å²) >= 11 is 0. The first kappa shape index (κ1) is 18.9. The molecule has 2 rings (SSSR count). The van der Waals surface area contributed by atoms with E-state index in [1.165, 1.54) is 11.1 Å². The summed E-state index contributed by atoms with van der Waals surface area (Å²) in [6, 6.07) is 8.73. The summed E-state index contributed by atoms with van der Waals surface area (Å²) in [4.78, 5) is 11.9. The molecule has 1 fully saturated rings. The van der Waals surface area contributed by atoms with Gasteiger partial charge in [-0.2, -0.15) is 0 Å². The molecular formula is C20H31NO3. The van der Waals surface area contributed by atoms with Crippen LogP contribution < -0.4 is 5.32 Å². The number of aryl methyl sites for hydroxylation is 1. The summed E-state index contributed by atoms with van der Waals surface area (Å²) in [7, 11) is 0. The second-order valence-corrected chi connectivity index (χ2v) is 7.73. The van der Waals surface area contributed by atoms with Gasteiger partial charge < -0.3 is 14.8 Å². The molecule has 1 N–H and O–H groups in total. The monoisotopic (exact) mass is 333 g/mol. The molecule has 1 aliphatic heterocycles. The van der Waals surface area contributed by atoms with Gasteiger partial charge in [-0.25, -0.2) is 0 Å². The number of nitrogens with one attached hydrogen (secondary N) is 1. The van der Waals surface area contributed by atoms with E-state index in [4.69, 9.17) is 9.47 Å². The SMILES string of the molecule is CC1(CCNC(=O)CCCc2ccc(C(C)(C)C)cc2)OCCO1. The number of carbonyl (C=O) groups is 1. The normalized spacial score (nSPS) is 17.0. The van der Waals surface area contributed by atoms with Crippen molar-refractivity contribution in [2.45, 2.75) is 64.6 Å². The third-order valence-corrected chi connectivity index (χ3v) is 4.49. The van der Waals surface area contributed by atoms with Crippen LogP contribution in [0.5, 0.6) is 0 Å². The van der Waals surface area contributed by atoms with E-state index < -0.39 is 5.79 Å². The highest BCUT2D eigenvalue weighted by Gasteiger charge is 2.30. The molecule has 1 heterocycles. The van der Waals surface area contributed by atoms with Gasteiger partial charge in [-0.1, -0.05) is 45.0 Å². The molecule has 4 nitrogen and oxygen atoms in total. The summed E-state index contributed by atoms with van der Waals surface area (Å²) < 4.78 is 11.0. The van der Waals surface area contributed by atoms with Crippen LogP contribution in [0, 0.1) is 0 Å². The number of hydrogen-bond donors (Lipinski definition) is 1. The van der Waals surface area contributed by atoms with Crippen molar-refractivity contribution in [3.63, 3.8) is 0 Å². The fourth-order valence-corrected chi connectivity index (χ4v) is 2.84. The van der Waals surface area contributed by atoms with E-state index in [2.05, 4.69) is 50.4 Å². The molecule has 0 aliphatic carbocycles. The Hall–Kier alpha value is -1.39. The molecule has 0 saturated carbocycles. The quantitative estimate of drug-likeness (QED) is 0.830. The van der Waals surface area contributed by atoms with E-state index in [1.54, 1.807) is 0 Å². The summed E-state index contributed by atoms with van der Waals surface area (Å²) in [6.45, 7) is 10.4. The van der Waals surface area contributed by atoms with Gasteiger partial charge in [0.05, 0.1) is 13.2 Å². The molecule has 1 saturated heterocycles. The number of amides is 1. The van der Waals surface area contributed by atoms with Gasteiger partial charge in [0.15, 0.2) is 5.79 Å². The van der Waals surface area contributed by atoms with Crippen LogP contribution in [0.25, 0.3) is 0 Å². The van der Waals surface area contributed by atoms with E-state index in [9.17, 15) is 4.79 Å². The van der Waals surface area contributed by atoms with Crippen LogP contribution in [0.2, 0.25) is 0 Å². The van der Waals surface area contributed by atoms with Crippen LogP contribution in [-0.4, -0.2) is 31.5 Å². The van der Waals surface area contributed by atoms with Gasteiger partial charge in [-0.3, -0.25) is 4.79 Å². The lowest BCUT2D eigenvalue weighted by Gasteiger charge is -2.22. The Balaban J connectivity index is 1.63. The Labute approximate surface area is 145 Å². The first-order chi connectivity index (χ1) is 11.3. The van der Waals surface area contributed by atoms with Gasteiger partial charge in [0.1, 0.15) is 0 Å². The van der Waals surface area contributed by atoms with Gasteiger partial charge in [0, 0.05) is 19.4 Å². The lowest BCUT2D eigenvalue weighted by Crippen LogP contribution is -2.33. The molecule has 0 atom stereocenters. The molecule has 1 aromatic carbocycles. The summed E-state index contributed by atoms with van der Waals surface area (Å²) in [5.41, 5.74) is 2.81. The van der Waals surface area contributed by atoms with E-state index in [0.717, 1.165) is 12.8 Å². The van der Waals surface area contributed by atoms with Crippen LogP contribution in [0.3, 0.4) is 0 Å². The Morgan fingerprint density at radius 1 is 1.17 bits per heavy atom. The zero-order valence-corrected chi connectivity index (χ0v) is 15.5. The third-order valence-electron chi connectivity index (χ3n) is 4.49. The minimum Gasteiger partial charge on any atom is -0.356 e. The zero-order valence-electron chi connectivity index (χ0n) is 15.5. The largest absolute Gasteiger partial charge is 0.356 e. The fourth-order valence-electron chi connectivity index (χ4n) is 2.84. The van der Waals surface area contributed by atoms with Crippen molar-refractivity contribution < 1.29 is 14.3 Å². The standard InChI is InChI=1S/C20H31NO3/c1-19(2,3)17-10-8-16(9-11-17)6-5-7-18(22)21-13-12-20(4)23-14-15-24-20/h8-11H,5-7,12-15H2,1-4H3,(H,21,22). The lowest BCUT2D eigenvalue weighted by molar-refractivity contribution is -0.146. The minimum atomic E-state index is -0.526. The second kappa shape index (κ2) is 8.13. The van der Waals surface area contributed by atoms with Crippen molar-refractivity contribution in [2.75, 3.05) is 19.8 Å². The second-order valence-electron chi connectivity index (χ2n) is 7.73. The smallest absolute Gasteiger partial charge is 0.220 e. The number of benzene rings is 1. The van der Waals surface area contributed by atoms with Crippen molar-refractivity contribution in [2.24, 2.45) is 0 Å². The van der Waals surface area contributed by atoms with E-state index >= 15 is 0 Å². The summed E-state index contributed by atoms with van der Waals surface area (Å²) in [5, 5.41) is 2.95. The first-order valence-corrected chi connectivity index (χ1v) is 8.93. The third kappa shape index (κ3) is 5.91. The van der Waals surface area contributed by atoms with Crippen LogP contribution in [0.15, 0.2) is 24.3 Å². The molecule has 0 radical (unpaired) electrons. The van der Waals surface area contributed by atoms with Crippen LogP contribution in [0.1, 0.15) is 58.1 Å². The number of hydrogen-bond acceptors (Lipinski definition) is 3. The van der Waals surface area contributed by atoms with Crippen molar-refractivity contribution in [1.82, 2.24) is 5.32 Å². The first-order valence-electron chi connectivity index (χ1n) is 8.93. The lowest BCUT2D eigenvalue weighted by atomic mass is 9.86. The van der Waals surface area contributed by atoms with Crippen LogP contribution in [0.4, 0.5) is 0 Å². The fraction of sp³-hybridized carbons (Fsp3) is 0.650. The molecule has 0 unspecified atom stereocenters. The van der Waals surface area contributed by atoms with Gasteiger partial charge in [0.2, 0.25) is 5.91 Å². The Bertz CT molecular complexity index is 525. The van der Waals surface area contributed by atoms with Gasteiger partial charge >= 0.3 is 0 Å². The molecule has 0 spiro atoms. The van der Waals surface area contributed by atoms with E-state index in [1.807, 2.05) is 6.92 Å². The number of rotatable bonds is 7. The molecule has 0 bridgehead atoms. The van der Waals surface area contributed by atoms with E-state index in [-0.39, 0.29) is 11.3 Å². The summed E-state index contributed by atoms with van der Waals surface area (Å²) in [6.07, 6.45) is 3.04. The minimum absolute atomic E-state index is 0.0999. The van der Waals surface area contributed by atoms with E-state index in [0.29, 0.717) is 32.6 Å². The molecule has 0 aromatic heterocycles. The number of ether oxygens (including phenoxy) is 2. The van der Waals surface area contributed by atoms with Crippen LogP contribution in [-0.2, 0) is 26.1 Å². The highest BCUT2D eigenvalue weighted by atomic mass is 16.7. The molecular weight excluding hydrogens is 302 g/mol. The maximum absolute atomic E-state index is 11.9. The Kier molecular flexibility index (Phi) is 6.41. The topological polar surface area (TPSA) is 47.6 Å². The van der Waals surface area contributed by atoms with Crippen molar-refractivity contribution in [3.8, 4) is 0 Å². The molecule has 24 heavy (non-hydrogen) atoms. The highest BCUT2D eigenvalue weighted by Crippen LogP contribution is 2.23. The molecule has 134 valence electrons. The zero-order chi connectivity index (χ0) is 17.6. The molecule has 1 amide bonds. The highest BCUT2D eigenvalue weighted by molar-refractivity contribution is 5.75. The van der Waals surface area contributed by atoms with Gasteiger partial charge in [0.25, 0.3) is 0 Å². The van der Waals surface area contributed by atoms with Crippen molar-refractivity contribution >= 4 is 5.91 Å². The van der Waals surface area contributed by atoms with Crippen LogP contribution >= 0.6 is 0 Å². The Morgan fingerprint density at radius 3 is 2.38 bits per heavy atom. The molecule has 1 aromatic rings. The van der Waals surface area contributed by atoms with Crippen molar-refractivity contribution in [1.29, 1.82) is 0 Å². The van der Waals surface area contributed by atoms with Gasteiger partial charge in [-0.05, 0) is 36.3 Å². The average Bonchev–Trinajstić information content (AvgIpc) is 2.94. The average molecular weight is 333 g/mol. The predicted molar refractivity (Wildman–Crippen MR) is 96.0 cm³/mol. The molecule has 4 heteroatoms. The van der Waals surface area contributed by atoms with Gasteiger partial charge in [-0.15, -0.1) is 0 Å². The maximum Gasteiger partial charge on any atom is 0.220 e. The Morgan fingerprint density at radius 2 is 1.79 bits per heavy atom.